The van der Waals surface area contributed by atoms with Gasteiger partial charge >= 0.3 is 0 Å². The van der Waals surface area contributed by atoms with E-state index in [-0.39, 0.29) is 23.3 Å². The van der Waals surface area contributed by atoms with Gasteiger partial charge in [0, 0.05) is 23.1 Å². The summed E-state index contributed by atoms with van der Waals surface area (Å²) in [6, 6.07) is 12.0. The maximum atomic E-state index is 12.6. The maximum Gasteiger partial charge on any atom is 0.240 e. The highest BCUT2D eigenvalue weighted by molar-refractivity contribution is 7.99. The molecule has 1 amide bonds. The Labute approximate surface area is 157 Å². The molecule has 0 saturated carbocycles. The number of sulfonamides is 1. The molecule has 8 heteroatoms. The van der Waals surface area contributed by atoms with Gasteiger partial charge in [0.05, 0.1) is 17.7 Å². The van der Waals surface area contributed by atoms with Gasteiger partial charge in [0.15, 0.2) is 0 Å². The fourth-order valence-electron chi connectivity index (χ4n) is 2.49. The van der Waals surface area contributed by atoms with Crippen molar-refractivity contribution < 1.29 is 17.9 Å². The fourth-order valence-corrected chi connectivity index (χ4v) is 4.54. The van der Waals surface area contributed by atoms with Crippen molar-refractivity contribution in [3.8, 4) is 5.75 Å². The first-order chi connectivity index (χ1) is 12.4. The van der Waals surface area contributed by atoms with Gasteiger partial charge in [-0.25, -0.2) is 13.1 Å². The van der Waals surface area contributed by atoms with Crippen LogP contribution in [0.15, 0.2) is 52.3 Å². The SMILES string of the molecule is COc1cccc(CNS(=O)(=O)c2ccc3c(c2)NC(=O)[C@H](C)CS3)c1. The highest BCUT2D eigenvalue weighted by Crippen LogP contribution is 2.34. The van der Waals surface area contributed by atoms with Gasteiger partial charge in [-0.2, -0.15) is 0 Å². The van der Waals surface area contributed by atoms with Crippen LogP contribution in [0.2, 0.25) is 0 Å². The van der Waals surface area contributed by atoms with Gasteiger partial charge in [0.25, 0.3) is 0 Å². The maximum absolute atomic E-state index is 12.6. The van der Waals surface area contributed by atoms with E-state index in [1.165, 1.54) is 6.07 Å². The lowest BCUT2D eigenvalue weighted by atomic mass is 10.2. The minimum Gasteiger partial charge on any atom is -0.497 e. The summed E-state index contributed by atoms with van der Waals surface area (Å²) in [5, 5.41) is 2.80. The van der Waals surface area contributed by atoms with Crippen LogP contribution < -0.4 is 14.8 Å². The molecule has 0 saturated heterocycles. The number of hydrogen-bond acceptors (Lipinski definition) is 5. The third-order valence-corrected chi connectivity index (χ3v) is 6.79. The van der Waals surface area contributed by atoms with E-state index >= 15 is 0 Å². The number of carbonyl (C=O) groups excluding carboxylic acids is 1. The quantitative estimate of drug-likeness (QED) is 0.817. The third-order valence-electron chi connectivity index (χ3n) is 4.06. The molecule has 0 fully saturated rings. The number of nitrogens with one attached hydrogen (secondary N) is 2. The van der Waals surface area contributed by atoms with Crippen LogP contribution in [0.5, 0.6) is 5.75 Å². The number of rotatable bonds is 5. The molecule has 2 aromatic rings. The molecular weight excluding hydrogens is 372 g/mol. The Morgan fingerprint density at radius 2 is 2.08 bits per heavy atom. The first-order valence-electron chi connectivity index (χ1n) is 8.09. The molecule has 1 aliphatic heterocycles. The van der Waals surface area contributed by atoms with Crippen LogP contribution in [0.4, 0.5) is 5.69 Å². The molecule has 2 N–H and O–H groups in total. The first-order valence-corrected chi connectivity index (χ1v) is 10.6. The Balaban J connectivity index is 1.79. The Morgan fingerprint density at radius 1 is 1.27 bits per heavy atom. The van der Waals surface area contributed by atoms with Crippen LogP contribution in [0, 0.1) is 5.92 Å². The monoisotopic (exact) mass is 392 g/mol. The van der Waals surface area contributed by atoms with E-state index in [9.17, 15) is 13.2 Å². The highest BCUT2D eigenvalue weighted by atomic mass is 32.2. The van der Waals surface area contributed by atoms with Crippen LogP contribution in [0.25, 0.3) is 0 Å². The number of methoxy groups -OCH3 is 1. The Morgan fingerprint density at radius 3 is 2.85 bits per heavy atom. The van der Waals surface area contributed by atoms with Gasteiger partial charge < -0.3 is 10.1 Å². The number of ether oxygens (including phenoxy) is 1. The average Bonchev–Trinajstić information content (AvgIpc) is 2.78. The molecule has 0 radical (unpaired) electrons. The summed E-state index contributed by atoms with van der Waals surface area (Å²) in [7, 11) is -2.14. The molecule has 0 spiro atoms. The summed E-state index contributed by atoms with van der Waals surface area (Å²) < 4.78 is 33.0. The van der Waals surface area contributed by atoms with Crippen LogP contribution >= 0.6 is 11.8 Å². The standard InChI is InChI=1S/C18H20N2O4S2/c1-12-11-25-17-7-6-15(9-16(17)20-18(12)21)26(22,23)19-10-13-4-3-5-14(8-13)24-2/h3-9,12,19H,10-11H2,1-2H3,(H,20,21)/t12-/m1/s1. The zero-order valence-electron chi connectivity index (χ0n) is 14.5. The number of fused-ring (bicyclic) bond motifs is 1. The van der Waals surface area contributed by atoms with Gasteiger partial charge in [0.1, 0.15) is 5.75 Å². The molecule has 0 aliphatic carbocycles. The van der Waals surface area contributed by atoms with Crippen molar-refractivity contribution >= 4 is 33.4 Å². The number of amides is 1. The molecule has 138 valence electrons. The summed E-state index contributed by atoms with van der Waals surface area (Å²) in [5.41, 5.74) is 1.33. The second-order valence-corrected chi connectivity index (χ2v) is 8.86. The number of anilines is 1. The van der Waals surface area contributed by atoms with Crippen molar-refractivity contribution in [2.45, 2.75) is 23.3 Å². The van der Waals surface area contributed by atoms with Crippen molar-refractivity contribution in [2.24, 2.45) is 5.92 Å². The smallest absolute Gasteiger partial charge is 0.240 e. The topological polar surface area (TPSA) is 84.5 Å². The lowest BCUT2D eigenvalue weighted by molar-refractivity contribution is -0.118. The molecule has 3 rings (SSSR count). The normalized spacial score (nSPS) is 17.2. The number of carbonyl (C=O) groups is 1. The molecule has 0 aromatic heterocycles. The van der Waals surface area contributed by atoms with E-state index in [0.717, 1.165) is 10.5 Å². The molecular formula is C18H20N2O4S2. The summed E-state index contributed by atoms with van der Waals surface area (Å²) in [6.07, 6.45) is 0. The van der Waals surface area contributed by atoms with Gasteiger partial charge in [-0.3, -0.25) is 4.79 Å². The summed E-state index contributed by atoms with van der Waals surface area (Å²) in [6.45, 7) is 2.00. The molecule has 6 nitrogen and oxygen atoms in total. The predicted octanol–water partition coefficient (Wildman–Crippen LogP) is 2.85. The van der Waals surface area contributed by atoms with Gasteiger partial charge in [-0.05, 0) is 35.9 Å². The molecule has 1 aliphatic rings. The molecule has 2 aromatic carbocycles. The van der Waals surface area contributed by atoms with E-state index < -0.39 is 10.0 Å². The van der Waals surface area contributed by atoms with Crippen molar-refractivity contribution in [2.75, 3.05) is 18.2 Å². The van der Waals surface area contributed by atoms with Crippen LogP contribution in [0.1, 0.15) is 12.5 Å². The fraction of sp³-hybridized carbons (Fsp3) is 0.278. The van der Waals surface area contributed by atoms with E-state index in [0.29, 0.717) is 17.2 Å². The summed E-state index contributed by atoms with van der Waals surface area (Å²) >= 11 is 1.54. The molecule has 0 unspecified atom stereocenters. The van der Waals surface area contributed by atoms with Gasteiger partial charge in [0.2, 0.25) is 15.9 Å². The van der Waals surface area contributed by atoms with Crippen molar-refractivity contribution in [1.82, 2.24) is 4.72 Å². The third kappa shape index (κ3) is 4.20. The molecule has 26 heavy (non-hydrogen) atoms. The molecule has 1 atom stereocenters. The lowest BCUT2D eigenvalue weighted by Crippen LogP contribution is -2.24. The second-order valence-electron chi connectivity index (χ2n) is 6.04. The number of thioether (sulfide) groups is 1. The van der Waals surface area contributed by atoms with Crippen molar-refractivity contribution in [1.29, 1.82) is 0 Å². The van der Waals surface area contributed by atoms with Crippen molar-refractivity contribution in [3.63, 3.8) is 0 Å². The Kier molecular flexibility index (Phi) is 5.55. The largest absolute Gasteiger partial charge is 0.497 e. The minimum atomic E-state index is -3.71. The molecule has 1 heterocycles. The van der Waals surface area contributed by atoms with E-state index in [2.05, 4.69) is 10.0 Å². The Hall–Kier alpha value is -2.03. The minimum absolute atomic E-state index is 0.102. The summed E-state index contributed by atoms with van der Waals surface area (Å²) in [4.78, 5) is 13.0. The van der Waals surface area contributed by atoms with E-state index in [1.54, 1.807) is 49.2 Å². The van der Waals surface area contributed by atoms with E-state index in [4.69, 9.17) is 4.74 Å². The van der Waals surface area contributed by atoms with Gasteiger partial charge in [-0.15, -0.1) is 11.8 Å². The van der Waals surface area contributed by atoms with Crippen molar-refractivity contribution in [3.05, 3.63) is 48.0 Å². The predicted molar refractivity (Wildman–Crippen MR) is 102 cm³/mol. The summed E-state index contributed by atoms with van der Waals surface area (Å²) in [5.74, 6) is 1.10. The first kappa shape index (κ1) is 18.8. The lowest BCUT2D eigenvalue weighted by Gasteiger charge is -2.11. The second kappa shape index (κ2) is 7.69. The van der Waals surface area contributed by atoms with Crippen LogP contribution in [0.3, 0.4) is 0 Å². The Bertz CT molecular complexity index is 929. The molecule has 0 bridgehead atoms. The highest BCUT2D eigenvalue weighted by Gasteiger charge is 2.22. The van der Waals surface area contributed by atoms with Gasteiger partial charge in [-0.1, -0.05) is 19.1 Å². The average molecular weight is 393 g/mol. The number of benzene rings is 2. The number of hydrogen-bond donors (Lipinski definition) is 2. The van der Waals surface area contributed by atoms with E-state index in [1.807, 2.05) is 13.0 Å². The van der Waals surface area contributed by atoms with Crippen LogP contribution in [-0.4, -0.2) is 27.2 Å². The zero-order valence-corrected chi connectivity index (χ0v) is 16.1. The van der Waals surface area contributed by atoms with Crippen LogP contribution in [-0.2, 0) is 21.4 Å². The zero-order chi connectivity index (χ0) is 18.7.